The second kappa shape index (κ2) is 12.6. The van der Waals surface area contributed by atoms with Gasteiger partial charge in [-0.3, -0.25) is 0 Å². The van der Waals surface area contributed by atoms with Gasteiger partial charge in [0.2, 0.25) is 0 Å². The first-order chi connectivity index (χ1) is 29.5. The molecule has 0 saturated carbocycles. The van der Waals surface area contributed by atoms with Crippen molar-refractivity contribution >= 4 is 67.9 Å². The average Bonchev–Trinajstić information content (AvgIpc) is 3.62. The van der Waals surface area contributed by atoms with Gasteiger partial charge >= 0.3 is 0 Å². The molecule has 1 unspecified atom stereocenters. The molecule has 3 aliphatic carbocycles. The number of fused-ring (bicyclic) bond motifs is 10. The highest BCUT2D eigenvalue weighted by atomic mass is 32.1. The molecule has 1 atom stereocenters. The summed E-state index contributed by atoms with van der Waals surface area (Å²) in [4.78, 5) is 7.27. The molecule has 2 nitrogen and oxygen atoms in total. The zero-order valence-corrected chi connectivity index (χ0v) is 43.6. The maximum Gasteiger partial charge on any atom is 0.264 e. The van der Waals surface area contributed by atoms with Crippen molar-refractivity contribution in [1.82, 2.24) is 0 Å². The molecule has 0 N–H and O–H groups in total. The molecule has 5 aromatic rings. The van der Waals surface area contributed by atoms with Gasteiger partial charge < -0.3 is 9.80 Å². The van der Waals surface area contributed by atoms with Crippen molar-refractivity contribution in [3.63, 3.8) is 0 Å². The van der Waals surface area contributed by atoms with Gasteiger partial charge in [0.15, 0.2) is 0 Å². The zero-order chi connectivity index (χ0) is 46.0. The van der Waals surface area contributed by atoms with E-state index in [-0.39, 0.29) is 50.0 Å². The van der Waals surface area contributed by atoms with E-state index in [1.807, 2.05) is 0 Å². The van der Waals surface area contributed by atoms with Crippen LogP contribution in [-0.4, -0.2) is 6.71 Å². The first kappa shape index (κ1) is 42.9. The molecule has 64 heavy (non-hydrogen) atoms. The molecule has 4 heterocycles. The smallest absolute Gasteiger partial charge is 0.264 e. The Labute approximate surface area is 391 Å². The number of anilines is 6. The lowest BCUT2D eigenvalue weighted by atomic mass is 9.35. The highest BCUT2D eigenvalue weighted by Gasteiger charge is 2.56. The lowest BCUT2D eigenvalue weighted by molar-refractivity contribution is 0.327. The summed E-state index contributed by atoms with van der Waals surface area (Å²) in [5, 5.41) is 0. The Morgan fingerprint density at radius 2 is 1.03 bits per heavy atom. The number of hydrogen-bond acceptors (Lipinski definition) is 3. The minimum absolute atomic E-state index is 0.0421. The molecule has 11 rings (SSSR count). The zero-order valence-electron chi connectivity index (χ0n) is 42.8. The molecule has 3 aliphatic heterocycles. The Hall–Kier alpha value is -3.76. The van der Waals surface area contributed by atoms with Crippen LogP contribution in [0.1, 0.15) is 211 Å². The molecule has 0 bridgehead atoms. The van der Waals surface area contributed by atoms with Crippen LogP contribution in [0.2, 0.25) is 0 Å². The third-order valence-corrected chi connectivity index (χ3v) is 19.8. The van der Waals surface area contributed by atoms with Crippen LogP contribution in [0.3, 0.4) is 0 Å². The first-order valence-electron chi connectivity index (χ1n) is 24.9. The van der Waals surface area contributed by atoms with Crippen LogP contribution in [0, 0.1) is 6.92 Å². The second-order valence-corrected chi connectivity index (χ2v) is 28.2. The maximum atomic E-state index is 2.86. The SMILES string of the molecule is Cc1cc(C(C)(C)C)ccc1N1c2cc(C(C)(C)C)cc3c2B(c2ccc4c5c2N3c2cc3c(cc2C5(C)CCC4(C)C)C(C)(C)CCC3(C)C)c2sc3c(c21)C(C)(C)CCC3(C)C. The van der Waals surface area contributed by atoms with E-state index in [0.717, 1.165) is 6.42 Å². The third kappa shape index (κ3) is 5.56. The summed E-state index contributed by atoms with van der Waals surface area (Å²) in [6.45, 7) is 44.8. The monoisotopic (exact) mass is 867 g/mol. The lowest BCUT2D eigenvalue weighted by Crippen LogP contribution is -2.62. The number of rotatable bonds is 1. The van der Waals surface area contributed by atoms with Crippen molar-refractivity contribution in [2.75, 3.05) is 9.80 Å². The van der Waals surface area contributed by atoms with Crippen molar-refractivity contribution in [2.45, 2.75) is 206 Å². The Morgan fingerprint density at radius 1 is 0.484 bits per heavy atom. The van der Waals surface area contributed by atoms with Gasteiger partial charge in [0, 0.05) is 37.8 Å². The normalized spacial score (nSPS) is 23.4. The molecule has 334 valence electrons. The lowest BCUT2D eigenvalue weighted by Gasteiger charge is -2.55. The van der Waals surface area contributed by atoms with Crippen LogP contribution < -0.4 is 25.5 Å². The van der Waals surface area contributed by atoms with E-state index >= 15 is 0 Å². The molecule has 1 aromatic heterocycles. The summed E-state index contributed by atoms with van der Waals surface area (Å²) < 4.78 is 1.55. The Morgan fingerprint density at radius 3 is 1.64 bits per heavy atom. The van der Waals surface area contributed by atoms with Crippen LogP contribution in [0.25, 0.3) is 0 Å². The van der Waals surface area contributed by atoms with Crippen molar-refractivity contribution in [3.8, 4) is 0 Å². The molecule has 0 saturated heterocycles. The van der Waals surface area contributed by atoms with E-state index in [2.05, 4.69) is 200 Å². The fourth-order valence-electron chi connectivity index (χ4n) is 13.6. The van der Waals surface area contributed by atoms with Crippen LogP contribution in [0.15, 0.2) is 54.6 Å². The van der Waals surface area contributed by atoms with Gasteiger partial charge in [-0.15, -0.1) is 0 Å². The quantitative estimate of drug-likeness (QED) is 0.152. The summed E-state index contributed by atoms with van der Waals surface area (Å²) >= 11 is 2.17. The molecular formula is C60H75BN2S. The summed E-state index contributed by atoms with van der Waals surface area (Å²) in [6.07, 6.45) is 7.18. The number of benzene rings is 4. The van der Waals surface area contributed by atoms with Gasteiger partial charge in [-0.25, -0.2) is 0 Å². The van der Waals surface area contributed by atoms with E-state index in [4.69, 9.17) is 0 Å². The van der Waals surface area contributed by atoms with E-state index < -0.39 is 0 Å². The number of aryl methyl sites for hydroxylation is 1. The minimum atomic E-state index is -0.0924. The molecule has 6 aliphatic rings. The van der Waals surface area contributed by atoms with Crippen LogP contribution in [0.4, 0.5) is 34.1 Å². The predicted octanol–water partition coefficient (Wildman–Crippen LogP) is 15.1. The van der Waals surface area contributed by atoms with Crippen molar-refractivity contribution in [3.05, 3.63) is 110 Å². The van der Waals surface area contributed by atoms with Crippen molar-refractivity contribution in [1.29, 1.82) is 0 Å². The van der Waals surface area contributed by atoms with Crippen LogP contribution in [0.5, 0.6) is 0 Å². The number of nitrogens with zero attached hydrogens (tertiary/aromatic N) is 2. The molecule has 4 heteroatoms. The predicted molar refractivity (Wildman–Crippen MR) is 280 cm³/mol. The Bertz CT molecular complexity index is 2880. The van der Waals surface area contributed by atoms with Crippen LogP contribution in [-0.2, 0) is 43.3 Å². The van der Waals surface area contributed by atoms with E-state index in [9.17, 15) is 0 Å². The highest BCUT2D eigenvalue weighted by molar-refractivity contribution is 7.29. The Balaban J connectivity index is 1.33. The van der Waals surface area contributed by atoms with Crippen molar-refractivity contribution < 1.29 is 0 Å². The van der Waals surface area contributed by atoms with Gasteiger partial charge in [-0.2, -0.15) is 11.3 Å². The maximum absolute atomic E-state index is 2.86. The van der Waals surface area contributed by atoms with Crippen molar-refractivity contribution in [2.24, 2.45) is 0 Å². The van der Waals surface area contributed by atoms with Gasteiger partial charge in [-0.1, -0.05) is 148 Å². The van der Waals surface area contributed by atoms with E-state index in [0.29, 0.717) is 0 Å². The Kier molecular flexibility index (Phi) is 8.44. The second-order valence-electron chi connectivity index (χ2n) is 27.1. The minimum Gasteiger partial charge on any atom is -0.311 e. The summed E-state index contributed by atoms with van der Waals surface area (Å²) in [7, 11) is 0. The number of thiophene rings is 1. The molecule has 0 radical (unpaired) electrons. The fourth-order valence-corrected chi connectivity index (χ4v) is 15.3. The van der Waals surface area contributed by atoms with Gasteiger partial charge in [0.05, 0.1) is 11.4 Å². The highest BCUT2D eigenvalue weighted by Crippen LogP contribution is 2.64. The van der Waals surface area contributed by atoms with Crippen LogP contribution >= 0.6 is 11.3 Å². The van der Waals surface area contributed by atoms with E-state index in [1.165, 1.54) is 93.8 Å². The number of hydrogen-bond donors (Lipinski definition) is 0. The van der Waals surface area contributed by atoms with E-state index in [1.54, 1.807) is 43.0 Å². The summed E-state index contributed by atoms with van der Waals surface area (Å²) in [5.74, 6) is 0. The molecule has 0 amide bonds. The summed E-state index contributed by atoms with van der Waals surface area (Å²) in [5.41, 5.74) is 25.5. The largest absolute Gasteiger partial charge is 0.311 e. The molecule has 4 aromatic carbocycles. The molecule has 0 fully saturated rings. The fraction of sp³-hybridized carbons (Fsp3) is 0.533. The van der Waals surface area contributed by atoms with Gasteiger partial charge in [-0.05, 0) is 169 Å². The first-order valence-corrected chi connectivity index (χ1v) is 25.8. The molecular weight excluding hydrogens is 792 g/mol. The standard InChI is InChI=1S/C60H75BN2S/c1-34-29-35(53(2,3)4)19-22-42(34)62-44-30-36(54(5,6)7)31-45-48(44)61(52-50(62)47-51(64-52)59(16,17)26-25-58(47,14)15)41-21-20-37-46-49(41)63(45)43-33-39-38(56(10,11)23-24-57(39,12)13)32-40(43)60(46,18)28-27-55(37,8)9/h19-22,29-33H,23-28H2,1-18H3. The van der Waals surface area contributed by atoms with Gasteiger partial charge in [0.25, 0.3) is 6.71 Å². The molecule has 0 spiro atoms. The third-order valence-electron chi connectivity index (χ3n) is 18.2. The summed E-state index contributed by atoms with van der Waals surface area (Å²) in [6, 6.07) is 23.4. The van der Waals surface area contributed by atoms with Gasteiger partial charge in [0.1, 0.15) is 0 Å². The average molecular weight is 867 g/mol. The topological polar surface area (TPSA) is 6.48 Å².